The van der Waals surface area contributed by atoms with Gasteiger partial charge in [0, 0.05) is 19.5 Å². The van der Waals surface area contributed by atoms with E-state index in [9.17, 15) is 4.79 Å². The van der Waals surface area contributed by atoms with Crippen molar-refractivity contribution < 1.29 is 4.79 Å². The molecule has 4 aromatic rings. The number of nitrogens with zero attached hydrogens (tertiary/aromatic N) is 2. The minimum atomic E-state index is -0.0947. The average Bonchev–Trinajstić information content (AvgIpc) is 3.42. The zero-order valence-electron chi connectivity index (χ0n) is 16.3. The van der Waals surface area contributed by atoms with Gasteiger partial charge in [-0.25, -0.2) is 0 Å². The Hall–Kier alpha value is -3.18. The summed E-state index contributed by atoms with van der Waals surface area (Å²) in [5.41, 5.74) is 3.92. The number of nitrogens with one attached hydrogen (secondary N) is 1. The number of hydrogen-bond acceptors (Lipinski definition) is 3. The zero-order valence-corrected chi connectivity index (χ0v) is 17.1. The van der Waals surface area contributed by atoms with E-state index in [-0.39, 0.29) is 11.8 Å². The summed E-state index contributed by atoms with van der Waals surface area (Å²) in [6.07, 6.45) is 0.829. The highest BCUT2D eigenvalue weighted by Crippen LogP contribution is 2.27. The van der Waals surface area contributed by atoms with Gasteiger partial charge in [0.2, 0.25) is 0 Å². The highest BCUT2D eigenvalue weighted by molar-refractivity contribution is 7.13. The van der Waals surface area contributed by atoms with Crippen LogP contribution in [0.1, 0.15) is 34.0 Å². The van der Waals surface area contributed by atoms with Crippen molar-refractivity contribution in [1.82, 2.24) is 15.1 Å². The maximum Gasteiger partial charge on any atom is 0.269 e. The Balaban J connectivity index is 1.45. The Morgan fingerprint density at radius 3 is 2.24 bits per heavy atom. The van der Waals surface area contributed by atoms with Crippen LogP contribution in [0, 0.1) is 0 Å². The molecule has 0 unspecified atom stereocenters. The van der Waals surface area contributed by atoms with E-state index in [1.807, 2.05) is 42.8 Å². The van der Waals surface area contributed by atoms with Crippen molar-refractivity contribution in [2.24, 2.45) is 7.05 Å². The smallest absolute Gasteiger partial charge is 0.269 e. The van der Waals surface area contributed by atoms with E-state index >= 15 is 0 Å². The number of aromatic nitrogens is 2. The molecule has 2 heterocycles. The lowest BCUT2D eigenvalue weighted by atomic mass is 9.88. The Morgan fingerprint density at radius 1 is 1.00 bits per heavy atom. The van der Waals surface area contributed by atoms with Gasteiger partial charge < -0.3 is 5.32 Å². The monoisotopic (exact) mass is 401 g/mol. The molecule has 2 aromatic carbocycles. The highest BCUT2D eigenvalue weighted by Gasteiger charge is 2.17. The molecule has 4 nitrogen and oxygen atoms in total. The Morgan fingerprint density at radius 2 is 1.66 bits per heavy atom. The van der Waals surface area contributed by atoms with Crippen LogP contribution in [-0.4, -0.2) is 22.2 Å². The first-order chi connectivity index (χ1) is 14.2. The van der Waals surface area contributed by atoms with Gasteiger partial charge >= 0.3 is 0 Å². The number of aryl methyl sites for hydroxylation is 1. The molecule has 1 amide bonds. The maximum absolute atomic E-state index is 12.7. The summed E-state index contributed by atoms with van der Waals surface area (Å²) in [5.74, 6) is 0.147. The topological polar surface area (TPSA) is 46.9 Å². The fraction of sp³-hybridized carbons (Fsp3) is 0.167. The van der Waals surface area contributed by atoms with Crippen molar-refractivity contribution in [3.8, 4) is 10.6 Å². The molecular formula is C24H23N3OS. The number of carbonyl (C=O) groups excluding carboxylic acids is 1. The zero-order chi connectivity index (χ0) is 20.1. The van der Waals surface area contributed by atoms with Crippen LogP contribution >= 0.6 is 11.3 Å². The number of hydrogen-bond donors (Lipinski definition) is 1. The van der Waals surface area contributed by atoms with Gasteiger partial charge in [-0.1, -0.05) is 66.7 Å². The molecule has 29 heavy (non-hydrogen) atoms. The van der Waals surface area contributed by atoms with Crippen molar-refractivity contribution >= 4 is 17.2 Å². The predicted molar refractivity (Wildman–Crippen MR) is 118 cm³/mol. The maximum atomic E-state index is 12.7. The SMILES string of the molecule is Cn1nc(-c2cccs2)cc1C(=O)NCCC(c1ccccc1)c1ccccc1. The van der Waals surface area contributed by atoms with Gasteiger partial charge in [-0.05, 0) is 35.1 Å². The molecule has 146 valence electrons. The third-order valence-corrected chi connectivity index (χ3v) is 5.90. The van der Waals surface area contributed by atoms with E-state index in [4.69, 9.17) is 0 Å². The first kappa shape index (κ1) is 19.2. The van der Waals surface area contributed by atoms with Gasteiger partial charge in [-0.2, -0.15) is 5.10 Å². The summed E-state index contributed by atoms with van der Waals surface area (Å²) in [6.45, 7) is 0.590. The molecule has 0 saturated carbocycles. The van der Waals surface area contributed by atoms with E-state index in [2.05, 4.69) is 58.9 Å². The van der Waals surface area contributed by atoms with Gasteiger partial charge in [0.1, 0.15) is 11.4 Å². The third kappa shape index (κ3) is 4.46. The largest absolute Gasteiger partial charge is 0.351 e. The van der Waals surface area contributed by atoms with E-state index in [1.54, 1.807) is 16.0 Å². The van der Waals surface area contributed by atoms with Gasteiger partial charge in [-0.15, -0.1) is 11.3 Å². The van der Waals surface area contributed by atoms with Crippen LogP contribution in [0.15, 0.2) is 84.2 Å². The second-order valence-electron chi connectivity index (χ2n) is 6.93. The molecule has 1 N–H and O–H groups in total. The van der Waals surface area contributed by atoms with Gasteiger partial charge in [0.15, 0.2) is 0 Å². The van der Waals surface area contributed by atoms with Crippen LogP contribution in [-0.2, 0) is 7.05 Å². The van der Waals surface area contributed by atoms with Gasteiger partial charge in [0.05, 0.1) is 4.88 Å². The third-order valence-electron chi connectivity index (χ3n) is 5.01. The molecule has 4 rings (SSSR count). The fourth-order valence-corrected chi connectivity index (χ4v) is 4.22. The van der Waals surface area contributed by atoms with Crippen LogP contribution in [0.4, 0.5) is 0 Å². The molecule has 5 heteroatoms. The van der Waals surface area contributed by atoms with Crippen LogP contribution in [0.2, 0.25) is 0 Å². The Labute approximate surface area is 174 Å². The number of carbonyl (C=O) groups is 1. The minimum absolute atomic E-state index is 0.0947. The van der Waals surface area contributed by atoms with Gasteiger partial charge in [-0.3, -0.25) is 9.48 Å². The Kier molecular flexibility index (Phi) is 5.86. The number of rotatable bonds is 7. The lowest BCUT2D eigenvalue weighted by Crippen LogP contribution is -2.27. The van der Waals surface area contributed by atoms with Crippen molar-refractivity contribution in [1.29, 1.82) is 0 Å². The number of amides is 1. The van der Waals surface area contributed by atoms with Crippen molar-refractivity contribution in [2.75, 3.05) is 6.54 Å². The molecule has 0 aliphatic carbocycles. The Bertz CT molecular complexity index is 1020. The fourth-order valence-electron chi connectivity index (χ4n) is 3.54. The van der Waals surface area contributed by atoms with Crippen LogP contribution in [0.25, 0.3) is 10.6 Å². The molecule has 0 bridgehead atoms. The number of thiophene rings is 1. The summed E-state index contributed by atoms with van der Waals surface area (Å²) in [5, 5.41) is 9.56. The molecule has 2 aromatic heterocycles. The standard InChI is InChI=1S/C24H23N3OS/c1-27-22(17-21(26-27)23-13-8-16-29-23)24(28)25-15-14-20(18-9-4-2-5-10-18)19-11-6-3-7-12-19/h2-13,16-17,20H,14-15H2,1H3,(H,25,28). The van der Waals surface area contributed by atoms with E-state index in [1.165, 1.54) is 11.1 Å². The quantitative estimate of drug-likeness (QED) is 0.468. The lowest BCUT2D eigenvalue weighted by Gasteiger charge is -2.18. The molecular weight excluding hydrogens is 378 g/mol. The van der Waals surface area contributed by atoms with Crippen LogP contribution in [0.5, 0.6) is 0 Å². The summed E-state index contributed by atoms with van der Waals surface area (Å²) < 4.78 is 1.65. The molecule has 0 aliphatic heterocycles. The second kappa shape index (κ2) is 8.88. The highest BCUT2D eigenvalue weighted by atomic mass is 32.1. The van der Waals surface area contributed by atoms with E-state index in [0.717, 1.165) is 17.0 Å². The van der Waals surface area contributed by atoms with Crippen molar-refractivity contribution in [3.05, 3.63) is 101 Å². The van der Waals surface area contributed by atoms with Gasteiger partial charge in [0.25, 0.3) is 5.91 Å². The van der Waals surface area contributed by atoms with E-state index in [0.29, 0.717) is 12.2 Å². The molecule has 0 saturated heterocycles. The van der Waals surface area contributed by atoms with Crippen LogP contribution in [0.3, 0.4) is 0 Å². The summed E-state index contributed by atoms with van der Waals surface area (Å²) in [6, 6.07) is 26.7. The molecule has 0 fully saturated rings. The molecule has 0 radical (unpaired) electrons. The van der Waals surface area contributed by atoms with E-state index < -0.39 is 0 Å². The normalized spacial score (nSPS) is 11.0. The predicted octanol–water partition coefficient (Wildman–Crippen LogP) is 5.10. The van der Waals surface area contributed by atoms with Crippen molar-refractivity contribution in [3.63, 3.8) is 0 Å². The lowest BCUT2D eigenvalue weighted by molar-refractivity contribution is 0.0943. The summed E-state index contributed by atoms with van der Waals surface area (Å²) in [4.78, 5) is 13.8. The first-order valence-corrected chi connectivity index (χ1v) is 10.6. The summed E-state index contributed by atoms with van der Waals surface area (Å²) >= 11 is 1.62. The molecule has 0 atom stereocenters. The second-order valence-corrected chi connectivity index (χ2v) is 7.88. The number of benzene rings is 2. The van der Waals surface area contributed by atoms with Crippen molar-refractivity contribution in [2.45, 2.75) is 12.3 Å². The molecule has 0 aliphatic rings. The minimum Gasteiger partial charge on any atom is -0.351 e. The molecule has 0 spiro atoms. The summed E-state index contributed by atoms with van der Waals surface area (Å²) in [7, 11) is 1.81. The van der Waals surface area contributed by atoms with Crippen LogP contribution < -0.4 is 5.32 Å². The first-order valence-electron chi connectivity index (χ1n) is 9.68. The average molecular weight is 402 g/mol.